The van der Waals surface area contributed by atoms with Crippen LogP contribution in [0.5, 0.6) is 0 Å². The average molecular weight is 417 g/mol. The number of fused-ring (bicyclic) bond motifs is 1. The van der Waals surface area contributed by atoms with Crippen molar-refractivity contribution < 1.29 is 17.6 Å². The molecular weight excluding hydrogens is 404 g/mol. The van der Waals surface area contributed by atoms with Crippen LogP contribution in [-0.2, 0) is 12.6 Å². The first-order chi connectivity index (χ1) is 12.7. The van der Waals surface area contributed by atoms with Gasteiger partial charge in [0.25, 0.3) is 5.56 Å². The highest BCUT2D eigenvalue weighted by molar-refractivity contribution is 7.21. The van der Waals surface area contributed by atoms with Gasteiger partial charge in [-0.05, 0) is 24.0 Å². The molecule has 1 aliphatic rings. The number of hydrogen-bond donors (Lipinski definition) is 0. The van der Waals surface area contributed by atoms with Gasteiger partial charge in [0, 0.05) is 18.4 Å². The number of halogens is 5. The molecule has 0 radical (unpaired) electrons. The molecule has 2 aromatic heterocycles. The Bertz CT molecular complexity index is 1110. The highest BCUT2D eigenvalue weighted by Gasteiger charge is 2.39. The van der Waals surface area contributed by atoms with E-state index < -0.39 is 17.6 Å². The predicted molar refractivity (Wildman–Crippen MR) is 95.1 cm³/mol. The lowest BCUT2D eigenvalue weighted by Gasteiger charge is -2.11. The van der Waals surface area contributed by atoms with Crippen molar-refractivity contribution in [2.24, 2.45) is 5.92 Å². The minimum atomic E-state index is -4.78. The molecule has 0 N–H and O–H groups in total. The molecule has 0 saturated heterocycles. The molecule has 0 amide bonds. The molecule has 2 unspecified atom stereocenters. The van der Waals surface area contributed by atoms with Gasteiger partial charge in [0.2, 0.25) is 0 Å². The summed E-state index contributed by atoms with van der Waals surface area (Å²) in [5, 5.41) is 0. The fraction of sp³-hybridized carbons (Fsp3) is 0.333. The van der Waals surface area contributed by atoms with E-state index in [4.69, 9.17) is 11.6 Å². The van der Waals surface area contributed by atoms with E-state index in [1.54, 1.807) is 0 Å². The van der Waals surface area contributed by atoms with Gasteiger partial charge in [-0.3, -0.25) is 9.20 Å². The predicted octanol–water partition coefficient (Wildman–Crippen LogP) is 5.28. The molecule has 27 heavy (non-hydrogen) atoms. The summed E-state index contributed by atoms with van der Waals surface area (Å²) in [6.07, 6.45) is -4.06. The van der Waals surface area contributed by atoms with Gasteiger partial charge in [-0.15, -0.1) is 0 Å². The Balaban J connectivity index is 1.75. The van der Waals surface area contributed by atoms with E-state index in [9.17, 15) is 22.4 Å². The maximum Gasteiger partial charge on any atom is 0.419 e. The van der Waals surface area contributed by atoms with E-state index in [2.05, 4.69) is 11.9 Å². The molecule has 2 heterocycles. The Morgan fingerprint density at radius 2 is 2.07 bits per heavy atom. The third kappa shape index (κ3) is 3.25. The molecule has 1 aliphatic carbocycles. The van der Waals surface area contributed by atoms with Gasteiger partial charge in [0.15, 0.2) is 4.96 Å². The summed E-state index contributed by atoms with van der Waals surface area (Å²) in [5.74, 6) is -0.702. The van der Waals surface area contributed by atoms with Crippen LogP contribution in [0.25, 0.3) is 4.96 Å². The van der Waals surface area contributed by atoms with Crippen LogP contribution in [0.1, 0.15) is 41.8 Å². The van der Waals surface area contributed by atoms with Crippen molar-refractivity contribution in [3.8, 4) is 0 Å². The number of thiazole rings is 1. The van der Waals surface area contributed by atoms with Crippen LogP contribution in [0.2, 0.25) is 4.34 Å². The van der Waals surface area contributed by atoms with Gasteiger partial charge < -0.3 is 0 Å². The molecule has 0 aliphatic heterocycles. The van der Waals surface area contributed by atoms with E-state index in [1.165, 1.54) is 16.5 Å². The van der Waals surface area contributed by atoms with Gasteiger partial charge in [-0.25, -0.2) is 9.37 Å². The first kappa shape index (κ1) is 18.4. The number of nitrogens with zero attached hydrogens (tertiary/aromatic N) is 2. The normalized spacial score (nSPS) is 19.6. The minimum Gasteiger partial charge on any atom is -0.269 e. The second-order valence-corrected chi connectivity index (χ2v) is 8.32. The highest BCUT2D eigenvalue weighted by Crippen LogP contribution is 2.50. The van der Waals surface area contributed by atoms with Crippen molar-refractivity contribution in [3.05, 3.63) is 67.3 Å². The van der Waals surface area contributed by atoms with E-state index in [0.29, 0.717) is 21.3 Å². The Labute approximate surface area is 160 Å². The van der Waals surface area contributed by atoms with Crippen LogP contribution < -0.4 is 5.56 Å². The molecule has 1 aromatic carbocycles. The van der Waals surface area contributed by atoms with Crippen LogP contribution in [-0.4, -0.2) is 9.38 Å². The number of benzene rings is 1. The SMILES string of the molecule is CC1CC1c1c(Cl)sc2nc(Cc3cccc(C(F)(F)F)c3F)cc(=O)n12. The molecule has 3 nitrogen and oxygen atoms in total. The Morgan fingerprint density at radius 1 is 1.37 bits per heavy atom. The first-order valence-corrected chi connectivity index (χ1v) is 9.41. The first-order valence-electron chi connectivity index (χ1n) is 8.22. The molecule has 3 aromatic rings. The molecule has 9 heteroatoms. The third-order valence-electron chi connectivity index (χ3n) is 4.78. The zero-order valence-electron chi connectivity index (χ0n) is 14.0. The van der Waals surface area contributed by atoms with Crippen molar-refractivity contribution in [2.75, 3.05) is 0 Å². The summed E-state index contributed by atoms with van der Waals surface area (Å²) in [6, 6.07) is 4.31. The summed E-state index contributed by atoms with van der Waals surface area (Å²) >= 11 is 7.43. The van der Waals surface area contributed by atoms with Gasteiger partial charge in [-0.2, -0.15) is 13.2 Å². The molecule has 4 rings (SSSR count). The van der Waals surface area contributed by atoms with Crippen molar-refractivity contribution >= 4 is 27.9 Å². The Hall–Kier alpha value is -1.93. The maximum atomic E-state index is 14.2. The lowest BCUT2D eigenvalue weighted by atomic mass is 10.0. The monoisotopic (exact) mass is 416 g/mol. The van der Waals surface area contributed by atoms with E-state index >= 15 is 0 Å². The topological polar surface area (TPSA) is 34.4 Å². The molecule has 1 saturated carbocycles. The fourth-order valence-electron chi connectivity index (χ4n) is 3.25. The summed E-state index contributed by atoms with van der Waals surface area (Å²) < 4.78 is 54.8. The quantitative estimate of drug-likeness (QED) is 0.544. The number of aromatic nitrogens is 2. The summed E-state index contributed by atoms with van der Waals surface area (Å²) in [4.78, 5) is 17.3. The maximum absolute atomic E-state index is 14.2. The molecule has 142 valence electrons. The lowest BCUT2D eigenvalue weighted by Crippen LogP contribution is -2.17. The Kier molecular flexibility index (Phi) is 4.31. The van der Waals surface area contributed by atoms with Crippen LogP contribution in [0.15, 0.2) is 29.1 Å². The van der Waals surface area contributed by atoms with Gasteiger partial charge in [0.05, 0.1) is 17.0 Å². The van der Waals surface area contributed by atoms with E-state index in [-0.39, 0.29) is 29.2 Å². The van der Waals surface area contributed by atoms with E-state index in [0.717, 1.165) is 29.5 Å². The molecule has 0 spiro atoms. The van der Waals surface area contributed by atoms with E-state index in [1.807, 2.05) is 0 Å². The van der Waals surface area contributed by atoms with Crippen LogP contribution in [0.3, 0.4) is 0 Å². The standard InChI is InChI=1S/C18H13ClF4N2OS/c1-8-5-11(8)15-16(19)27-17-24-10(7-13(26)25(15)17)6-9-3-2-4-12(14(9)20)18(21,22)23/h2-4,7-8,11H,5-6H2,1H3. The number of hydrogen-bond acceptors (Lipinski definition) is 3. The summed E-state index contributed by atoms with van der Waals surface area (Å²) in [6.45, 7) is 2.06. The third-order valence-corrected chi connectivity index (χ3v) is 6.05. The largest absolute Gasteiger partial charge is 0.419 e. The summed E-state index contributed by atoms with van der Waals surface area (Å²) in [5.41, 5.74) is -0.925. The molecule has 1 fully saturated rings. The van der Waals surface area contributed by atoms with Crippen LogP contribution in [0, 0.1) is 11.7 Å². The Morgan fingerprint density at radius 3 is 2.70 bits per heavy atom. The zero-order chi connectivity index (χ0) is 19.5. The van der Waals surface area contributed by atoms with Crippen LogP contribution >= 0.6 is 22.9 Å². The smallest absolute Gasteiger partial charge is 0.269 e. The molecular formula is C18H13ClF4N2OS. The lowest BCUT2D eigenvalue weighted by molar-refractivity contribution is -0.140. The average Bonchev–Trinajstić information content (AvgIpc) is 3.17. The van der Waals surface area contributed by atoms with Gasteiger partial charge >= 0.3 is 6.18 Å². The molecule has 0 bridgehead atoms. The number of alkyl halides is 3. The van der Waals surface area contributed by atoms with Crippen molar-refractivity contribution in [1.82, 2.24) is 9.38 Å². The number of rotatable bonds is 3. The van der Waals surface area contributed by atoms with Crippen molar-refractivity contribution in [1.29, 1.82) is 0 Å². The van der Waals surface area contributed by atoms with Gasteiger partial charge in [-0.1, -0.05) is 42.0 Å². The zero-order valence-corrected chi connectivity index (χ0v) is 15.6. The second-order valence-electron chi connectivity index (χ2n) is 6.74. The molecule has 2 atom stereocenters. The fourth-order valence-corrected chi connectivity index (χ4v) is 4.63. The second kappa shape index (κ2) is 6.31. The van der Waals surface area contributed by atoms with Crippen molar-refractivity contribution in [3.63, 3.8) is 0 Å². The van der Waals surface area contributed by atoms with Crippen molar-refractivity contribution in [2.45, 2.75) is 31.9 Å². The van der Waals surface area contributed by atoms with Crippen LogP contribution in [0.4, 0.5) is 17.6 Å². The summed E-state index contributed by atoms with van der Waals surface area (Å²) in [7, 11) is 0. The highest BCUT2D eigenvalue weighted by atomic mass is 35.5. The minimum absolute atomic E-state index is 0.167. The van der Waals surface area contributed by atoms with Gasteiger partial charge in [0.1, 0.15) is 10.2 Å².